The highest BCUT2D eigenvalue weighted by molar-refractivity contribution is 6.04. The lowest BCUT2D eigenvalue weighted by Gasteiger charge is -2.17. The number of hydrogen-bond donors (Lipinski definition) is 1. The molecular formula is C21H22F3NO4. The van der Waals surface area contributed by atoms with Crippen LogP contribution in [0.4, 0.5) is 18.9 Å². The first-order valence-corrected chi connectivity index (χ1v) is 9.06. The van der Waals surface area contributed by atoms with Crippen molar-refractivity contribution < 1.29 is 32.2 Å². The number of benzene rings is 2. The van der Waals surface area contributed by atoms with Gasteiger partial charge in [0.15, 0.2) is 6.10 Å². The fourth-order valence-corrected chi connectivity index (χ4v) is 2.29. The molecule has 2 rings (SSSR count). The number of hydrogen-bond acceptors (Lipinski definition) is 4. The summed E-state index contributed by atoms with van der Waals surface area (Å²) in [6.07, 6.45) is -4.84. The van der Waals surface area contributed by atoms with Crippen molar-refractivity contribution in [2.75, 3.05) is 5.32 Å². The first-order chi connectivity index (χ1) is 13.6. The van der Waals surface area contributed by atoms with Crippen LogP contribution in [-0.2, 0) is 15.7 Å². The van der Waals surface area contributed by atoms with Crippen molar-refractivity contribution in [2.24, 2.45) is 0 Å². The maximum Gasteiger partial charge on any atom is 0.416 e. The summed E-state index contributed by atoms with van der Waals surface area (Å²) in [4.78, 5) is 24.2. The number of esters is 1. The second-order valence-electron chi connectivity index (χ2n) is 6.47. The first-order valence-electron chi connectivity index (χ1n) is 9.06. The predicted octanol–water partition coefficient (Wildman–Crippen LogP) is 5.07. The van der Waals surface area contributed by atoms with Gasteiger partial charge in [0.25, 0.3) is 5.91 Å². The number of anilines is 1. The highest BCUT2D eigenvalue weighted by Gasteiger charge is 2.30. The summed E-state index contributed by atoms with van der Waals surface area (Å²) >= 11 is 0. The molecule has 0 unspecified atom stereocenters. The number of ether oxygens (including phenoxy) is 2. The number of carbonyl (C=O) groups is 2. The van der Waals surface area contributed by atoms with E-state index in [4.69, 9.17) is 9.47 Å². The topological polar surface area (TPSA) is 64.6 Å². The second kappa shape index (κ2) is 9.45. The smallest absolute Gasteiger partial charge is 0.416 e. The molecule has 0 heterocycles. The number of nitrogens with one attached hydrogen (secondary N) is 1. The number of amides is 1. The molecule has 0 aliphatic rings. The van der Waals surface area contributed by atoms with Gasteiger partial charge in [-0.2, -0.15) is 13.2 Å². The Morgan fingerprint density at radius 2 is 1.72 bits per heavy atom. The third-order valence-electron chi connectivity index (χ3n) is 4.10. The van der Waals surface area contributed by atoms with Gasteiger partial charge >= 0.3 is 12.1 Å². The molecule has 29 heavy (non-hydrogen) atoms. The van der Waals surface area contributed by atoms with E-state index in [0.717, 1.165) is 12.1 Å². The van der Waals surface area contributed by atoms with Gasteiger partial charge in [0.2, 0.25) is 0 Å². The second-order valence-corrected chi connectivity index (χ2v) is 6.47. The summed E-state index contributed by atoms with van der Waals surface area (Å²) in [5.41, 5.74) is -0.589. The number of halogens is 3. The Balaban J connectivity index is 1.99. The quantitative estimate of drug-likeness (QED) is 0.649. The number of rotatable bonds is 7. The molecule has 0 aromatic heterocycles. The molecule has 1 amide bonds. The Morgan fingerprint density at radius 3 is 2.31 bits per heavy atom. The van der Waals surface area contributed by atoms with Crippen LogP contribution in [0.1, 0.15) is 43.1 Å². The normalized spacial score (nSPS) is 13.3. The van der Waals surface area contributed by atoms with Crippen molar-refractivity contribution in [1.82, 2.24) is 0 Å². The molecule has 0 spiro atoms. The fraction of sp³-hybridized carbons (Fsp3) is 0.333. The van der Waals surface area contributed by atoms with Crippen LogP contribution in [0.5, 0.6) is 5.75 Å². The Kier molecular flexibility index (Phi) is 7.25. The largest absolute Gasteiger partial charge is 0.479 e. The lowest BCUT2D eigenvalue weighted by molar-refractivity contribution is -0.155. The van der Waals surface area contributed by atoms with Gasteiger partial charge in [0, 0.05) is 11.3 Å². The zero-order chi connectivity index (χ0) is 21.6. The maximum absolute atomic E-state index is 12.8. The average Bonchev–Trinajstić information content (AvgIpc) is 2.67. The van der Waals surface area contributed by atoms with Crippen molar-refractivity contribution in [3.63, 3.8) is 0 Å². The van der Waals surface area contributed by atoms with Gasteiger partial charge in [-0.1, -0.05) is 13.0 Å². The van der Waals surface area contributed by atoms with Crippen LogP contribution in [0, 0.1) is 0 Å². The van der Waals surface area contributed by atoms with E-state index < -0.39 is 29.7 Å². The molecule has 2 aromatic rings. The predicted molar refractivity (Wildman–Crippen MR) is 102 cm³/mol. The van der Waals surface area contributed by atoms with Crippen molar-refractivity contribution in [2.45, 2.75) is 45.6 Å². The van der Waals surface area contributed by atoms with Crippen LogP contribution < -0.4 is 10.1 Å². The molecule has 156 valence electrons. The molecule has 2 atom stereocenters. The van der Waals surface area contributed by atoms with Crippen molar-refractivity contribution >= 4 is 17.6 Å². The van der Waals surface area contributed by atoms with E-state index in [0.29, 0.717) is 12.2 Å². The van der Waals surface area contributed by atoms with Crippen LogP contribution in [-0.4, -0.2) is 24.1 Å². The minimum atomic E-state index is -4.49. The zero-order valence-electron chi connectivity index (χ0n) is 16.2. The fourth-order valence-electron chi connectivity index (χ4n) is 2.29. The van der Waals surface area contributed by atoms with Gasteiger partial charge < -0.3 is 14.8 Å². The van der Waals surface area contributed by atoms with Crippen molar-refractivity contribution in [1.29, 1.82) is 0 Å². The average molecular weight is 409 g/mol. The van der Waals surface area contributed by atoms with E-state index in [1.807, 2.05) is 6.92 Å². The van der Waals surface area contributed by atoms with Crippen LogP contribution >= 0.6 is 0 Å². The maximum atomic E-state index is 12.8. The van der Waals surface area contributed by atoms with Gasteiger partial charge in [-0.15, -0.1) is 0 Å². The molecule has 0 saturated carbocycles. The molecular weight excluding hydrogens is 387 g/mol. The minimum absolute atomic E-state index is 0.0339. The molecule has 0 aliphatic heterocycles. The summed E-state index contributed by atoms with van der Waals surface area (Å²) in [5.74, 6) is -0.708. The minimum Gasteiger partial charge on any atom is -0.479 e. The molecule has 0 radical (unpaired) electrons. The lowest BCUT2D eigenvalue weighted by atomic mass is 10.1. The summed E-state index contributed by atoms with van der Waals surface area (Å²) in [6.45, 7) is 5.23. The molecule has 2 aromatic carbocycles. The van der Waals surface area contributed by atoms with Gasteiger partial charge in [0.05, 0.1) is 11.7 Å². The van der Waals surface area contributed by atoms with E-state index in [9.17, 15) is 22.8 Å². The SMILES string of the molecule is CC[C@H](C)OC(=O)[C@H](C)Oc1ccc(C(=O)Nc2cccc(C(F)(F)F)c2)cc1. The molecule has 5 nitrogen and oxygen atoms in total. The Bertz CT molecular complexity index is 850. The summed E-state index contributed by atoms with van der Waals surface area (Å²) in [5, 5.41) is 2.42. The Morgan fingerprint density at radius 1 is 1.07 bits per heavy atom. The van der Waals surface area contributed by atoms with E-state index in [-0.39, 0.29) is 17.4 Å². The van der Waals surface area contributed by atoms with Crippen LogP contribution in [0.3, 0.4) is 0 Å². The summed E-state index contributed by atoms with van der Waals surface area (Å²) in [6, 6.07) is 10.3. The molecule has 0 bridgehead atoms. The summed E-state index contributed by atoms with van der Waals surface area (Å²) in [7, 11) is 0. The first kappa shape index (κ1) is 22.3. The zero-order valence-corrected chi connectivity index (χ0v) is 16.2. The van der Waals surface area contributed by atoms with Crippen molar-refractivity contribution in [3.8, 4) is 5.75 Å². The van der Waals surface area contributed by atoms with E-state index in [1.165, 1.54) is 36.4 Å². The van der Waals surface area contributed by atoms with Gasteiger partial charge in [0.1, 0.15) is 5.75 Å². The summed E-state index contributed by atoms with van der Waals surface area (Å²) < 4.78 is 49.0. The van der Waals surface area contributed by atoms with Crippen LogP contribution in [0.25, 0.3) is 0 Å². The Hall–Kier alpha value is -3.03. The molecule has 8 heteroatoms. The standard InChI is InChI=1S/C21H22F3NO4/c1-4-13(2)28-20(27)14(3)29-18-10-8-15(9-11-18)19(26)25-17-7-5-6-16(12-17)21(22,23)24/h5-14H,4H2,1-3H3,(H,25,26)/t13-,14-/m0/s1. The third-order valence-corrected chi connectivity index (χ3v) is 4.10. The van der Waals surface area contributed by atoms with Crippen LogP contribution in [0.2, 0.25) is 0 Å². The third kappa shape index (κ3) is 6.51. The van der Waals surface area contributed by atoms with E-state index >= 15 is 0 Å². The molecule has 0 aliphatic carbocycles. The van der Waals surface area contributed by atoms with E-state index in [2.05, 4.69) is 5.32 Å². The van der Waals surface area contributed by atoms with Crippen molar-refractivity contribution in [3.05, 3.63) is 59.7 Å². The van der Waals surface area contributed by atoms with Crippen LogP contribution in [0.15, 0.2) is 48.5 Å². The van der Waals surface area contributed by atoms with Gasteiger partial charge in [-0.3, -0.25) is 4.79 Å². The number of alkyl halides is 3. The monoisotopic (exact) mass is 409 g/mol. The highest BCUT2D eigenvalue weighted by Crippen LogP contribution is 2.30. The Labute approximate surface area is 166 Å². The molecule has 1 N–H and O–H groups in total. The molecule has 0 saturated heterocycles. The number of carbonyl (C=O) groups excluding carboxylic acids is 2. The lowest BCUT2D eigenvalue weighted by Crippen LogP contribution is -2.29. The highest BCUT2D eigenvalue weighted by atomic mass is 19.4. The van der Waals surface area contributed by atoms with E-state index in [1.54, 1.807) is 13.8 Å². The molecule has 0 fully saturated rings. The van der Waals surface area contributed by atoms with Gasteiger partial charge in [-0.25, -0.2) is 4.79 Å². The van der Waals surface area contributed by atoms with Gasteiger partial charge in [-0.05, 0) is 62.7 Å².